The van der Waals surface area contributed by atoms with E-state index in [0.29, 0.717) is 12.5 Å². The first-order valence-corrected chi connectivity index (χ1v) is 6.93. The van der Waals surface area contributed by atoms with Crippen molar-refractivity contribution in [3.8, 4) is 0 Å². The number of aryl methyl sites for hydroxylation is 1. The Kier molecular flexibility index (Phi) is 6.03. The van der Waals surface area contributed by atoms with Gasteiger partial charge >= 0.3 is 0 Å². The van der Waals surface area contributed by atoms with Crippen molar-refractivity contribution < 1.29 is 5.11 Å². The second-order valence-corrected chi connectivity index (χ2v) is 5.66. The Morgan fingerprint density at radius 2 is 2.00 bits per heavy atom. The molecule has 2 nitrogen and oxygen atoms in total. The van der Waals surface area contributed by atoms with Gasteiger partial charge in [-0.05, 0) is 25.0 Å². The summed E-state index contributed by atoms with van der Waals surface area (Å²) in [6, 6.07) is 4.29. The Bertz CT molecular complexity index is 294. The normalized spacial score (nSPS) is 13.3. The molecule has 0 spiro atoms. The van der Waals surface area contributed by atoms with Crippen LogP contribution in [0.5, 0.6) is 0 Å². The molecule has 0 aromatic carbocycles. The van der Waals surface area contributed by atoms with E-state index >= 15 is 0 Å². The summed E-state index contributed by atoms with van der Waals surface area (Å²) in [6.07, 6.45) is 1.89. The lowest BCUT2D eigenvalue weighted by Crippen LogP contribution is -2.32. The summed E-state index contributed by atoms with van der Waals surface area (Å²) in [5, 5.41) is 13.3. The zero-order valence-corrected chi connectivity index (χ0v) is 11.3. The van der Waals surface area contributed by atoms with Crippen molar-refractivity contribution in [3.63, 3.8) is 0 Å². The molecule has 0 aliphatic carbocycles. The molecule has 0 aliphatic heterocycles. The zero-order valence-electron chi connectivity index (χ0n) is 10.5. The van der Waals surface area contributed by atoms with Gasteiger partial charge in [-0.25, -0.2) is 0 Å². The van der Waals surface area contributed by atoms with Crippen LogP contribution >= 0.6 is 11.3 Å². The number of aliphatic hydroxyl groups is 1. The zero-order chi connectivity index (χ0) is 12.0. The van der Waals surface area contributed by atoms with Crippen LogP contribution < -0.4 is 5.32 Å². The van der Waals surface area contributed by atoms with E-state index < -0.39 is 0 Å². The number of nitrogens with one attached hydrogen (secondary N) is 1. The molecular formula is C13H23NOS. The van der Waals surface area contributed by atoms with E-state index in [2.05, 4.69) is 38.2 Å². The molecule has 2 N–H and O–H groups in total. The van der Waals surface area contributed by atoms with Crippen molar-refractivity contribution in [2.75, 3.05) is 6.54 Å². The van der Waals surface area contributed by atoms with Crippen LogP contribution in [0.25, 0.3) is 0 Å². The first-order chi connectivity index (χ1) is 7.67. The van der Waals surface area contributed by atoms with Gasteiger partial charge in [-0.15, -0.1) is 11.3 Å². The van der Waals surface area contributed by atoms with Crippen LogP contribution in [0.15, 0.2) is 12.1 Å². The molecule has 0 radical (unpaired) electrons. The Morgan fingerprint density at radius 3 is 2.50 bits per heavy atom. The van der Waals surface area contributed by atoms with Gasteiger partial charge in [0.1, 0.15) is 0 Å². The van der Waals surface area contributed by atoms with Crippen molar-refractivity contribution in [1.82, 2.24) is 5.32 Å². The molecule has 1 rings (SSSR count). The first kappa shape index (κ1) is 13.7. The number of hydrogen-bond acceptors (Lipinski definition) is 3. The molecule has 1 aromatic heterocycles. The van der Waals surface area contributed by atoms with E-state index in [9.17, 15) is 5.11 Å². The van der Waals surface area contributed by atoms with Gasteiger partial charge in [0.2, 0.25) is 0 Å². The molecule has 1 unspecified atom stereocenters. The molecule has 0 aliphatic rings. The Morgan fingerprint density at radius 1 is 1.31 bits per heavy atom. The van der Waals surface area contributed by atoms with Crippen molar-refractivity contribution in [3.05, 3.63) is 21.9 Å². The fourth-order valence-electron chi connectivity index (χ4n) is 1.92. The lowest BCUT2D eigenvalue weighted by Gasteiger charge is -2.20. The maximum Gasteiger partial charge on any atom is 0.0692 e. The molecule has 0 bridgehead atoms. The van der Waals surface area contributed by atoms with Gasteiger partial charge in [0.25, 0.3) is 0 Å². The van der Waals surface area contributed by atoms with Crippen molar-refractivity contribution in [2.24, 2.45) is 5.92 Å². The molecular weight excluding hydrogens is 218 g/mol. The Balaban J connectivity index is 2.24. The predicted octanol–water partition coefficient (Wildman–Crippen LogP) is 2.94. The van der Waals surface area contributed by atoms with Crippen LogP contribution in [0.1, 0.15) is 36.4 Å². The highest BCUT2D eigenvalue weighted by atomic mass is 32.1. The molecule has 0 saturated carbocycles. The molecule has 92 valence electrons. The van der Waals surface area contributed by atoms with Gasteiger partial charge in [-0.3, -0.25) is 0 Å². The highest BCUT2D eigenvalue weighted by molar-refractivity contribution is 7.11. The number of aliphatic hydroxyl groups excluding tert-OH is 1. The summed E-state index contributed by atoms with van der Waals surface area (Å²) in [5.41, 5.74) is 0. The standard InChI is InChI=1S/C13H23NOS/c1-4-11(5-2)13(15)9-14-8-12-7-6-10(3)16-12/h6-7,11,13-15H,4-5,8-9H2,1-3H3. The maximum absolute atomic E-state index is 9.93. The van der Waals surface area contributed by atoms with Gasteiger partial charge in [0.15, 0.2) is 0 Å². The first-order valence-electron chi connectivity index (χ1n) is 6.11. The molecule has 0 saturated heterocycles. The largest absolute Gasteiger partial charge is 0.392 e. The van der Waals surface area contributed by atoms with Crippen LogP contribution in [0, 0.1) is 12.8 Å². The smallest absolute Gasteiger partial charge is 0.0692 e. The third-order valence-electron chi connectivity index (χ3n) is 3.04. The van der Waals surface area contributed by atoms with Crippen LogP contribution in [0.2, 0.25) is 0 Å². The van der Waals surface area contributed by atoms with E-state index in [1.54, 1.807) is 0 Å². The van der Waals surface area contributed by atoms with Gasteiger partial charge in [0, 0.05) is 22.8 Å². The number of hydrogen-bond donors (Lipinski definition) is 2. The summed E-state index contributed by atoms with van der Waals surface area (Å²) >= 11 is 1.82. The van der Waals surface area contributed by atoms with E-state index in [-0.39, 0.29) is 6.10 Å². The molecule has 16 heavy (non-hydrogen) atoms. The second kappa shape index (κ2) is 7.05. The summed E-state index contributed by atoms with van der Waals surface area (Å²) in [6.45, 7) is 7.96. The molecule has 1 atom stereocenters. The lowest BCUT2D eigenvalue weighted by atomic mass is 9.97. The number of thiophene rings is 1. The van der Waals surface area contributed by atoms with E-state index in [1.807, 2.05) is 11.3 Å². The monoisotopic (exact) mass is 241 g/mol. The number of rotatable bonds is 7. The van der Waals surface area contributed by atoms with Crippen molar-refractivity contribution in [1.29, 1.82) is 0 Å². The highest BCUT2D eigenvalue weighted by Crippen LogP contribution is 2.15. The molecule has 3 heteroatoms. The van der Waals surface area contributed by atoms with Crippen LogP contribution in [-0.4, -0.2) is 17.8 Å². The third kappa shape index (κ3) is 4.24. The third-order valence-corrected chi connectivity index (χ3v) is 4.04. The average molecular weight is 241 g/mol. The maximum atomic E-state index is 9.93. The van der Waals surface area contributed by atoms with Gasteiger partial charge in [-0.2, -0.15) is 0 Å². The minimum Gasteiger partial charge on any atom is -0.392 e. The average Bonchev–Trinajstić information content (AvgIpc) is 2.66. The van der Waals surface area contributed by atoms with E-state index in [1.165, 1.54) is 9.75 Å². The predicted molar refractivity (Wildman–Crippen MR) is 70.8 cm³/mol. The summed E-state index contributed by atoms with van der Waals surface area (Å²) in [5.74, 6) is 0.428. The SMILES string of the molecule is CCC(CC)C(O)CNCc1ccc(C)s1. The summed E-state index contributed by atoms with van der Waals surface area (Å²) < 4.78 is 0. The molecule has 1 aromatic rings. The minimum atomic E-state index is -0.212. The van der Waals surface area contributed by atoms with Crippen molar-refractivity contribution in [2.45, 2.75) is 46.3 Å². The van der Waals surface area contributed by atoms with E-state index in [4.69, 9.17) is 0 Å². The second-order valence-electron chi connectivity index (χ2n) is 4.29. The molecule has 0 amide bonds. The molecule has 0 fully saturated rings. The Hall–Kier alpha value is -0.380. The van der Waals surface area contributed by atoms with Crippen LogP contribution in [-0.2, 0) is 6.54 Å². The van der Waals surface area contributed by atoms with Crippen molar-refractivity contribution >= 4 is 11.3 Å². The van der Waals surface area contributed by atoms with Crippen LogP contribution in [0.4, 0.5) is 0 Å². The quantitative estimate of drug-likeness (QED) is 0.769. The fraction of sp³-hybridized carbons (Fsp3) is 0.692. The summed E-state index contributed by atoms with van der Waals surface area (Å²) in [7, 11) is 0. The van der Waals surface area contributed by atoms with Gasteiger partial charge in [-0.1, -0.05) is 26.7 Å². The lowest BCUT2D eigenvalue weighted by molar-refractivity contribution is 0.101. The Labute approximate surface area is 103 Å². The topological polar surface area (TPSA) is 32.3 Å². The minimum absolute atomic E-state index is 0.212. The van der Waals surface area contributed by atoms with E-state index in [0.717, 1.165) is 19.4 Å². The fourth-order valence-corrected chi connectivity index (χ4v) is 2.78. The van der Waals surface area contributed by atoms with Gasteiger partial charge < -0.3 is 10.4 Å². The molecule has 1 heterocycles. The highest BCUT2D eigenvalue weighted by Gasteiger charge is 2.14. The summed E-state index contributed by atoms with van der Waals surface area (Å²) in [4.78, 5) is 2.69. The van der Waals surface area contributed by atoms with Gasteiger partial charge in [0.05, 0.1) is 6.10 Å². The van der Waals surface area contributed by atoms with Crippen LogP contribution in [0.3, 0.4) is 0 Å².